The molecule has 1 N–H and O–H groups in total. The second kappa shape index (κ2) is 9.14. The topological polar surface area (TPSA) is 64.0 Å². The van der Waals surface area contributed by atoms with Gasteiger partial charge in [0.05, 0.1) is 22.3 Å². The lowest BCUT2D eigenvalue weighted by Gasteiger charge is -2.14. The first-order valence-corrected chi connectivity index (χ1v) is 10.8. The summed E-state index contributed by atoms with van der Waals surface area (Å²) in [7, 11) is 0. The number of fused-ring (bicyclic) bond motifs is 1. The van der Waals surface area contributed by atoms with Crippen LogP contribution in [0.4, 0.5) is 10.1 Å². The molecule has 5 nitrogen and oxygen atoms in total. The number of halogens is 1. The van der Waals surface area contributed by atoms with Crippen LogP contribution < -0.4 is 10.9 Å². The molecular formula is C24H20FN3O2S. The molecule has 0 bridgehead atoms. The highest BCUT2D eigenvalue weighted by Gasteiger charge is 2.17. The van der Waals surface area contributed by atoms with Gasteiger partial charge in [-0.2, -0.15) is 0 Å². The SMILES string of the molecule is CCc1cccc(NC(=O)CSc2nc3ccccc3c(=O)n2-c2ccccc2F)c1. The highest BCUT2D eigenvalue weighted by molar-refractivity contribution is 7.99. The van der Waals surface area contributed by atoms with Gasteiger partial charge in [0.15, 0.2) is 5.16 Å². The van der Waals surface area contributed by atoms with Crippen molar-refractivity contribution in [1.82, 2.24) is 9.55 Å². The summed E-state index contributed by atoms with van der Waals surface area (Å²) in [6.07, 6.45) is 0.869. The number of amides is 1. The standard InChI is InChI=1S/C24H20FN3O2S/c1-2-16-8-7-9-17(14-16)26-22(29)15-31-24-27-20-12-5-3-10-18(20)23(30)28(24)21-13-6-4-11-19(21)25/h3-14H,2,15H2,1H3,(H,26,29). The zero-order valence-electron chi connectivity index (χ0n) is 16.8. The molecule has 7 heteroatoms. The van der Waals surface area contributed by atoms with E-state index in [-0.39, 0.29) is 28.1 Å². The molecule has 0 atom stereocenters. The predicted octanol–water partition coefficient (Wildman–Crippen LogP) is 4.82. The number of benzene rings is 3. The van der Waals surface area contributed by atoms with Crippen molar-refractivity contribution in [2.24, 2.45) is 0 Å². The Kier molecular flexibility index (Phi) is 6.13. The second-order valence-corrected chi connectivity index (χ2v) is 7.84. The van der Waals surface area contributed by atoms with Gasteiger partial charge in [0.1, 0.15) is 5.82 Å². The lowest BCUT2D eigenvalue weighted by atomic mass is 10.1. The van der Waals surface area contributed by atoms with Crippen LogP contribution in [0.3, 0.4) is 0 Å². The zero-order valence-corrected chi connectivity index (χ0v) is 17.7. The van der Waals surface area contributed by atoms with Crippen molar-refractivity contribution in [3.63, 3.8) is 0 Å². The number of carbonyl (C=O) groups is 1. The summed E-state index contributed by atoms with van der Waals surface area (Å²) < 4.78 is 15.7. The number of nitrogens with one attached hydrogen (secondary N) is 1. The van der Waals surface area contributed by atoms with Gasteiger partial charge in [-0.05, 0) is 48.4 Å². The summed E-state index contributed by atoms with van der Waals surface area (Å²) in [4.78, 5) is 30.2. The minimum atomic E-state index is -0.538. The first kappa shape index (κ1) is 20.8. The second-order valence-electron chi connectivity index (χ2n) is 6.89. The van der Waals surface area contributed by atoms with Crippen molar-refractivity contribution in [1.29, 1.82) is 0 Å². The molecule has 156 valence electrons. The molecule has 1 aromatic heterocycles. The van der Waals surface area contributed by atoms with Crippen molar-refractivity contribution in [2.75, 3.05) is 11.1 Å². The number of thioether (sulfide) groups is 1. The van der Waals surface area contributed by atoms with E-state index >= 15 is 0 Å². The molecule has 0 saturated carbocycles. The van der Waals surface area contributed by atoms with Gasteiger partial charge in [0.25, 0.3) is 5.56 Å². The van der Waals surface area contributed by atoms with Crippen LogP contribution in [0.5, 0.6) is 0 Å². The molecular weight excluding hydrogens is 413 g/mol. The Balaban J connectivity index is 1.66. The molecule has 0 aliphatic carbocycles. The average Bonchev–Trinajstić information content (AvgIpc) is 2.79. The summed E-state index contributed by atoms with van der Waals surface area (Å²) in [5, 5.41) is 3.50. The van der Waals surface area contributed by atoms with E-state index in [1.807, 2.05) is 31.2 Å². The lowest BCUT2D eigenvalue weighted by Crippen LogP contribution is -2.23. The van der Waals surface area contributed by atoms with Gasteiger partial charge in [-0.25, -0.2) is 9.37 Å². The van der Waals surface area contributed by atoms with Crippen LogP contribution in [0.15, 0.2) is 82.7 Å². The van der Waals surface area contributed by atoms with E-state index in [9.17, 15) is 14.0 Å². The normalized spacial score (nSPS) is 10.9. The Bertz CT molecular complexity index is 1320. The van der Waals surface area contributed by atoms with Gasteiger partial charge in [-0.1, -0.05) is 55.1 Å². The molecule has 3 aromatic carbocycles. The largest absolute Gasteiger partial charge is 0.325 e. The molecule has 0 aliphatic rings. The molecule has 0 spiro atoms. The van der Waals surface area contributed by atoms with Gasteiger partial charge in [0, 0.05) is 5.69 Å². The number of aryl methyl sites for hydroxylation is 1. The van der Waals surface area contributed by atoms with Crippen LogP contribution in [-0.4, -0.2) is 21.2 Å². The highest BCUT2D eigenvalue weighted by Crippen LogP contribution is 2.23. The highest BCUT2D eigenvalue weighted by atomic mass is 32.2. The number of hydrogen-bond donors (Lipinski definition) is 1. The van der Waals surface area contributed by atoms with Crippen molar-refractivity contribution >= 4 is 34.3 Å². The van der Waals surface area contributed by atoms with Crippen LogP contribution in [-0.2, 0) is 11.2 Å². The van der Waals surface area contributed by atoms with E-state index < -0.39 is 5.82 Å². The minimum Gasteiger partial charge on any atom is -0.325 e. The van der Waals surface area contributed by atoms with E-state index in [2.05, 4.69) is 10.3 Å². The number of hydrogen-bond acceptors (Lipinski definition) is 4. The molecule has 4 aromatic rings. The van der Waals surface area contributed by atoms with E-state index in [0.29, 0.717) is 16.6 Å². The zero-order chi connectivity index (χ0) is 21.8. The maximum Gasteiger partial charge on any atom is 0.266 e. The molecule has 0 saturated heterocycles. The number of anilines is 1. The third-order valence-corrected chi connectivity index (χ3v) is 5.73. The number of carbonyl (C=O) groups excluding carboxylic acids is 1. The first-order chi connectivity index (χ1) is 15.1. The summed E-state index contributed by atoms with van der Waals surface area (Å²) in [6, 6.07) is 20.6. The fourth-order valence-electron chi connectivity index (χ4n) is 3.25. The minimum absolute atomic E-state index is 0.0234. The Morgan fingerprint density at radius 1 is 1.06 bits per heavy atom. The Labute approximate surface area is 182 Å². The van der Waals surface area contributed by atoms with Crippen LogP contribution in [0.25, 0.3) is 16.6 Å². The van der Waals surface area contributed by atoms with Gasteiger partial charge in [-0.15, -0.1) is 0 Å². The fourth-order valence-corrected chi connectivity index (χ4v) is 4.06. The lowest BCUT2D eigenvalue weighted by molar-refractivity contribution is -0.113. The van der Waals surface area contributed by atoms with Crippen LogP contribution in [0.2, 0.25) is 0 Å². The molecule has 1 heterocycles. The van der Waals surface area contributed by atoms with Gasteiger partial charge in [0.2, 0.25) is 5.91 Å². The van der Waals surface area contributed by atoms with Crippen LogP contribution >= 0.6 is 11.8 Å². The molecule has 0 aliphatic heterocycles. The first-order valence-electron chi connectivity index (χ1n) is 9.85. The van der Waals surface area contributed by atoms with Gasteiger partial charge in [-0.3, -0.25) is 14.2 Å². The molecule has 31 heavy (non-hydrogen) atoms. The number of nitrogens with zero attached hydrogens (tertiary/aromatic N) is 2. The summed E-state index contributed by atoms with van der Waals surface area (Å²) in [6.45, 7) is 2.05. The molecule has 0 unspecified atom stereocenters. The summed E-state index contributed by atoms with van der Waals surface area (Å²) in [5.41, 5.74) is 2.05. The van der Waals surface area contributed by atoms with Crippen molar-refractivity contribution < 1.29 is 9.18 Å². The maximum atomic E-state index is 14.5. The average molecular weight is 434 g/mol. The predicted molar refractivity (Wildman–Crippen MR) is 122 cm³/mol. The van der Waals surface area contributed by atoms with Crippen LogP contribution in [0, 0.1) is 5.82 Å². The maximum absolute atomic E-state index is 14.5. The third-order valence-electron chi connectivity index (χ3n) is 4.79. The third kappa shape index (κ3) is 4.51. The van der Waals surface area contributed by atoms with E-state index in [1.165, 1.54) is 16.7 Å². The van der Waals surface area contributed by atoms with Gasteiger partial charge >= 0.3 is 0 Å². The smallest absolute Gasteiger partial charge is 0.266 e. The summed E-state index contributed by atoms with van der Waals surface area (Å²) in [5.74, 6) is -0.750. The van der Waals surface area contributed by atoms with Crippen molar-refractivity contribution in [2.45, 2.75) is 18.5 Å². The number of rotatable bonds is 6. The van der Waals surface area contributed by atoms with Crippen molar-refractivity contribution in [3.8, 4) is 5.69 Å². The Morgan fingerprint density at radius 2 is 1.84 bits per heavy atom. The van der Waals surface area contributed by atoms with E-state index in [4.69, 9.17) is 0 Å². The van der Waals surface area contributed by atoms with Gasteiger partial charge < -0.3 is 5.32 Å². The summed E-state index contributed by atoms with van der Waals surface area (Å²) >= 11 is 1.09. The molecule has 1 amide bonds. The number of aromatic nitrogens is 2. The van der Waals surface area contributed by atoms with E-state index in [0.717, 1.165) is 23.7 Å². The quantitative estimate of drug-likeness (QED) is 0.350. The fraction of sp³-hybridized carbons (Fsp3) is 0.125. The Morgan fingerprint density at radius 3 is 2.65 bits per heavy atom. The molecule has 0 radical (unpaired) electrons. The Hall–Kier alpha value is -3.45. The molecule has 4 rings (SSSR count). The number of para-hydroxylation sites is 2. The van der Waals surface area contributed by atoms with Crippen molar-refractivity contribution in [3.05, 3.63) is 94.5 Å². The van der Waals surface area contributed by atoms with E-state index in [1.54, 1.807) is 36.4 Å². The monoisotopic (exact) mass is 433 g/mol. The van der Waals surface area contributed by atoms with Crippen LogP contribution in [0.1, 0.15) is 12.5 Å². The molecule has 0 fully saturated rings.